The van der Waals surface area contributed by atoms with E-state index in [4.69, 9.17) is 0 Å². The summed E-state index contributed by atoms with van der Waals surface area (Å²) in [6, 6.07) is 25.4. The maximum absolute atomic E-state index is 12.8. The highest BCUT2D eigenvalue weighted by molar-refractivity contribution is 6.01. The average Bonchev–Trinajstić information content (AvgIpc) is 3.18. The van der Waals surface area contributed by atoms with Crippen molar-refractivity contribution in [2.24, 2.45) is 0 Å². The van der Waals surface area contributed by atoms with Gasteiger partial charge in [0, 0.05) is 5.56 Å². The summed E-state index contributed by atoms with van der Waals surface area (Å²) in [5.74, 6) is 0.931. The number of benzene rings is 3. The Morgan fingerprint density at radius 2 is 1.62 bits per heavy atom. The summed E-state index contributed by atoms with van der Waals surface area (Å²) < 4.78 is 0. The van der Waals surface area contributed by atoms with Gasteiger partial charge in [-0.05, 0) is 47.4 Å². The van der Waals surface area contributed by atoms with Crippen LogP contribution in [0.4, 0.5) is 0 Å². The Morgan fingerprint density at radius 1 is 0.931 bits per heavy atom. The SMILES string of the molecule is CC(C)c1ccc(/C=C(\NC(=O)c2ccccc2)c2nc3ccccc3[nH]2)cc1. The fraction of sp³-hybridized carbons (Fsp3) is 0.120. The molecule has 0 saturated heterocycles. The van der Waals surface area contributed by atoms with Crippen molar-refractivity contribution in [3.05, 3.63) is 101 Å². The number of para-hydroxylation sites is 2. The van der Waals surface area contributed by atoms with Crippen molar-refractivity contribution in [2.75, 3.05) is 0 Å². The van der Waals surface area contributed by atoms with E-state index in [1.807, 2.05) is 48.5 Å². The van der Waals surface area contributed by atoms with E-state index < -0.39 is 0 Å². The van der Waals surface area contributed by atoms with Gasteiger partial charge < -0.3 is 10.3 Å². The number of H-pyrrole nitrogens is 1. The van der Waals surface area contributed by atoms with Gasteiger partial charge in [0.1, 0.15) is 0 Å². The molecule has 144 valence electrons. The van der Waals surface area contributed by atoms with Gasteiger partial charge in [0.25, 0.3) is 5.91 Å². The van der Waals surface area contributed by atoms with Gasteiger partial charge in [0.05, 0.1) is 16.7 Å². The molecule has 0 unspecified atom stereocenters. The van der Waals surface area contributed by atoms with Crippen LogP contribution in [0, 0.1) is 0 Å². The fourth-order valence-electron chi connectivity index (χ4n) is 3.17. The standard InChI is InChI=1S/C25H23N3O/c1-17(2)19-14-12-18(13-15-19)16-23(28-25(29)20-8-4-3-5-9-20)24-26-21-10-6-7-11-22(21)27-24/h3-17H,1-2H3,(H,26,27)(H,28,29)/b23-16-. The third-order valence-corrected chi connectivity index (χ3v) is 4.84. The Balaban J connectivity index is 1.72. The zero-order chi connectivity index (χ0) is 20.2. The molecule has 0 spiro atoms. The van der Waals surface area contributed by atoms with Gasteiger partial charge in [0.15, 0.2) is 5.82 Å². The van der Waals surface area contributed by atoms with Crippen LogP contribution in [-0.2, 0) is 0 Å². The summed E-state index contributed by atoms with van der Waals surface area (Å²) in [6.07, 6.45) is 1.95. The molecule has 2 N–H and O–H groups in total. The van der Waals surface area contributed by atoms with Gasteiger partial charge in [-0.2, -0.15) is 0 Å². The highest BCUT2D eigenvalue weighted by Gasteiger charge is 2.13. The molecule has 0 aliphatic rings. The van der Waals surface area contributed by atoms with Gasteiger partial charge in [-0.25, -0.2) is 4.98 Å². The summed E-state index contributed by atoms with van der Waals surface area (Å²) in [5, 5.41) is 3.02. The molecule has 4 rings (SSSR count). The van der Waals surface area contributed by atoms with E-state index in [0.29, 0.717) is 23.0 Å². The van der Waals surface area contributed by atoms with Gasteiger partial charge in [-0.15, -0.1) is 0 Å². The number of amides is 1. The molecule has 1 amide bonds. The maximum atomic E-state index is 12.8. The molecule has 29 heavy (non-hydrogen) atoms. The first kappa shape index (κ1) is 18.7. The number of carbonyl (C=O) groups is 1. The summed E-state index contributed by atoms with van der Waals surface area (Å²) in [7, 11) is 0. The van der Waals surface area contributed by atoms with E-state index in [-0.39, 0.29) is 5.91 Å². The molecule has 4 heteroatoms. The highest BCUT2D eigenvalue weighted by atomic mass is 16.1. The second-order valence-corrected chi connectivity index (χ2v) is 7.30. The number of hydrogen-bond donors (Lipinski definition) is 2. The predicted molar refractivity (Wildman–Crippen MR) is 118 cm³/mol. The molecule has 1 heterocycles. The van der Waals surface area contributed by atoms with Gasteiger partial charge in [-0.1, -0.05) is 68.4 Å². The lowest BCUT2D eigenvalue weighted by atomic mass is 10.0. The van der Waals surface area contributed by atoms with Gasteiger partial charge in [-0.3, -0.25) is 4.79 Å². The number of aromatic nitrogens is 2. The summed E-state index contributed by atoms with van der Waals surface area (Å²) >= 11 is 0. The number of fused-ring (bicyclic) bond motifs is 1. The molecule has 0 aliphatic carbocycles. The van der Waals surface area contributed by atoms with Crippen LogP contribution in [0.3, 0.4) is 0 Å². The Morgan fingerprint density at radius 3 is 2.31 bits per heavy atom. The predicted octanol–water partition coefficient (Wildman–Crippen LogP) is 5.61. The molecular weight excluding hydrogens is 358 g/mol. The van der Waals surface area contributed by atoms with Crippen LogP contribution in [0.15, 0.2) is 78.9 Å². The van der Waals surface area contributed by atoms with E-state index in [9.17, 15) is 4.79 Å². The summed E-state index contributed by atoms with van der Waals surface area (Å²) in [5.41, 5.74) is 5.30. The van der Waals surface area contributed by atoms with Crippen molar-refractivity contribution in [2.45, 2.75) is 19.8 Å². The first-order valence-electron chi connectivity index (χ1n) is 9.73. The molecule has 3 aromatic carbocycles. The first-order chi connectivity index (χ1) is 14.1. The quantitative estimate of drug-likeness (QED) is 0.472. The number of nitrogens with one attached hydrogen (secondary N) is 2. The van der Waals surface area contributed by atoms with Crippen LogP contribution in [0.25, 0.3) is 22.8 Å². The maximum Gasteiger partial charge on any atom is 0.255 e. The molecule has 4 nitrogen and oxygen atoms in total. The first-order valence-corrected chi connectivity index (χ1v) is 9.73. The van der Waals surface area contributed by atoms with E-state index in [1.54, 1.807) is 12.1 Å². The van der Waals surface area contributed by atoms with Crippen LogP contribution in [0.2, 0.25) is 0 Å². The lowest BCUT2D eigenvalue weighted by Gasteiger charge is -2.09. The van der Waals surface area contributed by atoms with Crippen molar-refractivity contribution >= 4 is 28.7 Å². The van der Waals surface area contributed by atoms with E-state index in [0.717, 1.165) is 16.6 Å². The summed E-state index contributed by atoms with van der Waals surface area (Å²) in [6.45, 7) is 4.34. The van der Waals surface area contributed by atoms with Crippen molar-refractivity contribution in [3.8, 4) is 0 Å². The fourth-order valence-corrected chi connectivity index (χ4v) is 3.17. The Labute approximate surface area is 170 Å². The monoisotopic (exact) mass is 381 g/mol. The van der Waals surface area contributed by atoms with Crippen LogP contribution in [0.5, 0.6) is 0 Å². The molecule has 0 saturated carbocycles. The average molecular weight is 381 g/mol. The molecule has 0 bridgehead atoms. The molecule has 4 aromatic rings. The zero-order valence-corrected chi connectivity index (χ0v) is 16.5. The number of hydrogen-bond acceptors (Lipinski definition) is 2. The highest BCUT2D eigenvalue weighted by Crippen LogP contribution is 2.20. The normalized spacial score (nSPS) is 11.8. The number of nitrogens with zero attached hydrogens (tertiary/aromatic N) is 1. The van der Waals surface area contributed by atoms with Gasteiger partial charge >= 0.3 is 0 Å². The molecule has 0 atom stereocenters. The minimum atomic E-state index is -0.170. The Hall–Kier alpha value is -3.66. The third-order valence-electron chi connectivity index (χ3n) is 4.84. The van der Waals surface area contributed by atoms with Crippen molar-refractivity contribution in [1.82, 2.24) is 15.3 Å². The van der Waals surface area contributed by atoms with Crippen LogP contribution in [-0.4, -0.2) is 15.9 Å². The van der Waals surface area contributed by atoms with Crippen molar-refractivity contribution in [1.29, 1.82) is 0 Å². The lowest BCUT2D eigenvalue weighted by Crippen LogP contribution is -2.22. The van der Waals surface area contributed by atoms with Crippen LogP contribution in [0.1, 0.15) is 47.1 Å². The topological polar surface area (TPSA) is 57.8 Å². The number of rotatable bonds is 5. The largest absolute Gasteiger partial charge is 0.337 e. The van der Waals surface area contributed by atoms with E-state index >= 15 is 0 Å². The molecule has 0 aliphatic heterocycles. The number of carbonyl (C=O) groups excluding carboxylic acids is 1. The number of aromatic amines is 1. The Kier molecular flexibility index (Phi) is 5.25. The number of imidazole rings is 1. The lowest BCUT2D eigenvalue weighted by molar-refractivity contribution is 0.0973. The van der Waals surface area contributed by atoms with Crippen LogP contribution >= 0.6 is 0 Å². The second kappa shape index (κ2) is 8.15. The van der Waals surface area contributed by atoms with Crippen molar-refractivity contribution in [3.63, 3.8) is 0 Å². The van der Waals surface area contributed by atoms with Crippen LogP contribution < -0.4 is 5.32 Å². The smallest absolute Gasteiger partial charge is 0.255 e. The molecular formula is C25H23N3O. The Bertz CT molecular complexity index is 1120. The summed E-state index contributed by atoms with van der Waals surface area (Å²) in [4.78, 5) is 20.8. The minimum Gasteiger partial charge on any atom is -0.337 e. The van der Waals surface area contributed by atoms with Crippen molar-refractivity contribution < 1.29 is 4.79 Å². The van der Waals surface area contributed by atoms with E-state index in [2.05, 4.69) is 53.4 Å². The van der Waals surface area contributed by atoms with E-state index in [1.165, 1.54) is 5.56 Å². The van der Waals surface area contributed by atoms with Gasteiger partial charge in [0.2, 0.25) is 0 Å². The molecule has 0 radical (unpaired) electrons. The zero-order valence-electron chi connectivity index (χ0n) is 16.5. The minimum absolute atomic E-state index is 0.170. The molecule has 1 aromatic heterocycles. The second-order valence-electron chi connectivity index (χ2n) is 7.30. The molecule has 0 fully saturated rings. The third kappa shape index (κ3) is 4.27.